The van der Waals surface area contributed by atoms with Crippen LogP contribution >= 0.6 is 0 Å². The number of nitro groups is 1. The lowest BCUT2D eigenvalue weighted by Gasteiger charge is -2.12. The molecule has 1 heterocycles. The van der Waals surface area contributed by atoms with Crippen molar-refractivity contribution in [3.8, 4) is 0 Å². The third kappa shape index (κ3) is 5.24. The molecule has 2 rings (SSSR count). The lowest BCUT2D eigenvalue weighted by atomic mass is 9.97. The van der Waals surface area contributed by atoms with Gasteiger partial charge in [0.25, 0.3) is 5.91 Å². The Bertz CT molecular complexity index is 619. The summed E-state index contributed by atoms with van der Waals surface area (Å²) in [4.78, 5) is 32.8. The number of rotatable bonds is 7. The van der Waals surface area contributed by atoms with E-state index in [1.807, 2.05) is 0 Å². The minimum Gasteiger partial charge on any atom is -0.450 e. The fourth-order valence-electron chi connectivity index (χ4n) is 2.28. The third-order valence-electron chi connectivity index (χ3n) is 3.46. The fraction of sp³-hybridized carbons (Fsp3) is 0.467. The molecule has 124 valence electrons. The molecule has 0 atom stereocenters. The number of ether oxygens (including phenoxy) is 1. The van der Waals surface area contributed by atoms with Gasteiger partial charge in [0.15, 0.2) is 6.61 Å². The van der Waals surface area contributed by atoms with Crippen LogP contribution in [-0.2, 0) is 9.53 Å². The molecular weight excluding hydrogens is 304 g/mol. The number of hydrogen-bond donors (Lipinski definition) is 1. The van der Waals surface area contributed by atoms with E-state index in [0.29, 0.717) is 6.54 Å². The molecule has 1 aromatic heterocycles. The van der Waals surface area contributed by atoms with E-state index in [2.05, 4.69) is 15.8 Å². The van der Waals surface area contributed by atoms with Gasteiger partial charge in [-0.3, -0.25) is 14.9 Å². The van der Waals surface area contributed by atoms with Gasteiger partial charge >= 0.3 is 11.9 Å². The molecule has 0 saturated carbocycles. The van der Waals surface area contributed by atoms with Crippen LogP contribution in [0, 0.1) is 10.1 Å². The molecule has 1 aromatic rings. The maximum Gasteiger partial charge on any atom is 0.433 e. The van der Waals surface area contributed by atoms with Crippen molar-refractivity contribution in [1.82, 2.24) is 5.32 Å². The van der Waals surface area contributed by atoms with Gasteiger partial charge < -0.3 is 14.5 Å². The van der Waals surface area contributed by atoms with E-state index < -0.39 is 29.3 Å². The van der Waals surface area contributed by atoms with Gasteiger partial charge in [0.1, 0.15) is 4.92 Å². The Morgan fingerprint density at radius 1 is 1.35 bits per heavy atom. The smallest absolute Gasteiger partial charge is 0.433 e. The molecule has 0 saturated heterocycles. The maximum atomic E-state index is 11.6. The average molecular weight is 322 g/mol. The molecule has 0 radical (unpaired) electrons. The molecular formula is C15H18N2O6. The number of allylic oxidation sites excluding steroid dienone is 1. The van der Waals surface area contributed by atoms with E-state index >= 15 is 0 Å². The van der Waals surface area contributed by atoms with E-state index in [1.165, 1.54) is 18.4 Å². The minimum absolute atomic E-state index is 0.308. The summed E-state index contributed by atoms with van der Waals surface area (Å²) >= 11 is 0. The molecule has 1 N–H and O–H groups in total. The quantitative estimate of drug-likeness (QED) is 0.357. The van der Waals surface area contributed by atoms with Crippen LogP contribution in [0.15, 0.2) is 28.2 Å². The Hall–Kier alpha value is -2.64. The highest BCUT2D eigenvalue weighted by Crippen LogP contribution is 2.19. The molecule has 0 unspecified atom stereocenters. The summed E-state index contributed by atoms with van der Waals surface area (Å²) in [6.07, 6.45) is 7.57. The van der Waals surface area contributed by atoms with Crippen LogP contribution in [0.1, 0.15) is 42.7 Å². The predicted octanol–water partition coefficient (Wildman–Crippen LogP) is 2.35. The van der Waals surface area contributed by atoms with Gasteiger partial charge in [0, 0.05) is 6.54 Å². The highest BCUT2D eigenvalue weighted by atomic mass is 16.7. The molecule has 0 bridgehead atoms. The molecule has 0 aromatic carbocycles. The largest absolute Gasteiger partial charge is 0.450 e. The first-order chi connectivity index (χ1) is 11.1. The lowest BCUT2D eigenvalue weighted by Crippen LogP contribution is -2.29. The van der Waals surface area contributed by atoms with Gasteiger partial charge in [0.05, 0.1) is 6.07 Å². The summed E-state index contributed by atoms with van der Waals surface area (Å²) in [5, 5.41) is 13.1. The Labute approximate surface area is 132 Å². The van der Waals surface area contributed by atoms with Gasteiger partial charge in [-0.1, -0.05) is 11.6 Å². The molecule has 8 heteroatoms. The Balaban J connectivity index is 1.67. The topological polar surface area (TPSA) is 112 Å². The standard InChI is InChI=1S/C15H18N2O6/c18-13(16-9-8-11-4-2-1-3-5-11)10-22-15(19)12-6-7-14(23-12)17(20)21/h4,6-7H,1-3,5,8-10H2,(H,16,18). The molecule has 1 aliphatic rings. The number of esters is 1. The molecule has 1 amide bonds. The Morgan fingerprint density at radius 2 is 2.17 bits per heavy atom. The summed E-state index contributed by atoms with van der Waals surface area (Å²) in [7, 11) is 0. The van der Waals surface area contributed by atoms with Crippen LogP contribution in [0.5, 0.6) is 0 Å². The first-order valence-corrected chi connectivity index (χ1v) is 7.42. The summed E-state index contributed by atoms with van der Waals surface area (Å²) < 4.78 is 9.43. The van der Waals surface area contributed by atoms with Crippen LogP contribution in [0.25, 0.3) is 0 Å². The second-order valence-corrected chi connectivity index (χ2v) is 5.18. The number of furan rings is 1. The van der Waals surface area contributed by atoms with Crippen molar-refractivity contribution in [2.24, 2.45) is 0 Å². The number of carbonyl (C=O) groups is 2. The van der Waals surface area contributed by atoms with Crippen molar-refractivity contribution in [2.75, 3.05) is 13.2 Å². The third-order valence-corrected chi connectivity index (χ3v) is 3.46. The second kappa shape index (κ2) is 8.11. The SMILES string of the molecule is O=C(COC(=O)c1ccc([N+](=O)[O-])o1)NCCC1=CCCCC1. The van der Waals surface area contributed by atoms with E-state index in [-0.39, 0.29) is 5.76 Å². The molecule has 0 aliphatic heterocycles. The number of nitrogens with one attached hydrogen (secondary N) is 1. The van der Waals surface area contributed by atoms with Crippen LogP contribution in [-0.4, -0.2) is 30.0 Å². The lowest BCUT2D eigenvalue weighted by molar-refractivity contribution is -0.402. The zero-order valence-corrected chi connectivity index (χ0v) is 12.6. The van der Waals surface area contributed by atoms with E-state index in [9.17, 15) is 19.7 Å². The van der Waals surface area contributed by atoms with Crippen LogP contribution in [0.2, 0.25) is 0 Å². The highest BCUT2D eigenvalue weighted by Gasteiger charge is 2.19. The van der Waals surface area contributed by atoms with Crippen molar-refractivity contribution in [3.05, 3.63) is 39.7 Å². The molecule has 0 fully saturated rings. The number of hydrogen-bond acceptors (Lipinski definition) is 6. The van der Waals surface area contributed by atoms with Crippen molar-refractivity contribution in [2.45, 2.75) is 32.1 Å². The number of nitrogens with zero attached hydrogens (tertiary/aromatic N) is 1. The van der Waals surface area contributed by atoms with Crippen molar-refractivity contribution in [1.29, 1.82) is 0 Å². The summed E-state index contributed by atoms with van der Waals surface area (Å²) in [6, 6.07) is 2.18. The molecule has 0 spiro atoms. The summed E-state index contributed by atoms with van der Waals surface area (Å²) in [5.74, 6) is -2.20. The van der Waals surface area contributed by atoms with Gasteiger partial charge in [-0.05, 0) is 38.2 Å². The fourth-order valence-corrected chi connectivity index (χ4v) is 2.28. The molecule has 23 heavy (non-hydrogen) atoms. The van der Waals surface area contributed by atoms with Crippen LogP contribution in [0.3, 0.4) is 0 Å². The molecule has 1 aliphatic carbocycles. The Morgan fingerprint density at radius 3 is 2.83 bits per heavy atom. The van der Waals surface area contributed by atoms with Gasteiger partial charge in [0.2, 0.25) is 5.76 Å². The number of amides is 1. The Kier molecular flexibility index (Phi) is 5.90. The normalized spacial score (nSPS) is 14.0. The summed E-state index contributed by atoms with van der Waals surface area (Å²) in [5.41, 5.74) is 1.34. The van der Waals surface area contributed by atoms with Crippen LogP contribution in [0.4, 0.5) is 5.88 Å². The maximum absolute atomic E-state index is 11.6. The van der Waals surface area contributed by atoms with E-state index in [1.54, 1.807) is 0 Å². The first kappa shape index (κ1) is 16.7. The second-order valence-electron chi connectivity index (χ2n) is 5.18. The monoisotopic (exact) mass is 322 g/mol. The zero-order chi connectivity index (χ0) is 16.7. The van der Waals surface area contributed by atoms with Crippen LogP contribution < -0.4 is 5.32 Å². The number of carbonyl (C=O) groups excluding carboxylic acids is 2. The van der Waals surface area contributed by atoms with Crippen molar-refractivity contribution in [3.63, 3.8) is 0 Å². The van der Waals surface area contributed by atoms with Gasteiger partial charge in [-0.25, -0.2) is 4.79 Å². The highest BCUT2D eigenvalue weighted by molar-refractivity contribution is 5.89. The van der Waals surface area contributed by atoms with Gasteiger partial charge in [-0.2, -0.15) is 0 Å². The zero-order valence-electron chi connectivity index (χ0n) is 12.6. The first-order valence-electron chi connectivity index (χ1n) is 7.42. The van der Waals surface area contributed by atoms with Crippen molar-refractivity contribution < 1.29 is 23.7 Å². The average Bonchev–Trinajstić information content (AvgIpc) is 3.04. The predicted molar refractivity (Wildman–Crippen MR) is 79.8 cm³/mol. The summed E-state index contributed by atoms with van der Waals surface area (Å²) in [6.45, 7) is 0.0425. The van der Waals surface area contributed by atoms with Gasteiger partial charge in [-0.15, -0.1) is 0 Å². The minimum atomic E-state index is -0.914. The van der Waals surface area contributed by atoms with Crippen molar-refractivity contribution >= 4 is 17.8 Å². The van der Waals surface area contributed by atoms with E-state index in [0.717, 1.165) is 31.4 Å². The van der Waals surface area contributed by atoms with E-state index in [4.69, 9.17) is 4.74 Å². The molecule has 8 nitrogen and oxygen atoms in total.